The minimum absolute atomic E-state index is 0.101. The summed E-state index contributed by atoms with van der Waals surface area (Å²) in [5.74, 6) is 0. The summed E-state index contributed by atoms with van der Waals surface area (Å²) in [6, 6.07) is 5.11. The highest BCUT2D eigenvalue weighted by Gasteiger charge is 2.04. The lowest BCUT2D eigenvalue weighted by atomic mass is 9.93. The summed E-state index contributed by atoms with van der Waals surface area (Å²) < 4.78 is 1.60. The quantitative estimate of drug-likeness (QED) is 0.593. The first-order chi connectivity index (χ1) is 6.74. The molecular formula is C10H9BN2O. The van der Waals surface area contributed by atoms with Crippen molar-refractivity contribution in [1.29, 1.82) is 0 Å². The van der Waals surface area contributed by atoms with Gasteiger partial charge in [0.2, 0.25) is 0 Å². The van der Waals surface area contributed by atoms with Gasteiger partial charge in [0.25, 0.3) is 5.56 Å². The largest absolute Gasteiger partial charge is 0.293 e. The molecule has 14 heavy (non-hydrogen) atoms. The summed E-state index contributed by atoms with van der Waals surface area (Å²) in [6.45, 7) is 2.51. The zero-order valence-corrected chi connectivity index (χ0v) is 7.90. The van der Waals surface area contributed by atoms with E-state index in [-0.39, 0.29) is 5.56 Å². The SMILES string of the molecule is [B]c1cc(=O)n(CC)c2ncccc12. The number of aromatic nitrogens is 2. The highest BCUT2D eigenvalue weighted by atomic mass is 16.1. The molecule has 68 valence electrons. The molecule has 0 unspecified atom stereocenters. The van der Waals surface area contributed by atoms with E-state index in [2.05, 4.69) is 4.98 Å². The second kappa shape index (κ2) is 3.29. The van der Waals surface area contributed by atoms with Crippen LogP contribution in [0.2, 0.25) is 0 Å². The average molecular weight is 184 g/mol. The Morgan fingerprint density at radius 3 is 3.07 bits per heavy atom. The van der Waals surface area contributed by atoms with Crippen LogP contribution in [0.25, 0.3) is 11.0 Å². The molecule has 2 rings (SSSR count). The van der Waals surface area contributed by atoms with E-state index in [1.807, 2.05) is 19.1 Å². The molecule has 0 aliphatic heterocycles. The van der Waals surface area contributed by atoms with E-state index in [1.165, 1.54) is 6.07 Å². The van der Waals surface area contributed by atoms with Gasteiger partial charge in [-0.05, 0) is 19.1 Å². The third kappa shape index (κ3) is 1.23. The number of aryl methyl sites for hydroxylation is 1. The Kier molecular flexibility index (Phi) is 2.12. The molecule has 0 aromatic carbocycles. The molecule has 0 aliphatic rings. The molecule has 0 bridgehead atoms. The smallest absolute Gasteiger partial charge is 0.251 e. The topological polar surface area (TPSA) is 34.9 Å². The van der Waals surface area contributed by atoms with E-state index >= 15 is 0 Å². The molecule has 0 N–H and O–H groups in total. The molecule has 3 nitrogen and oxygen atoms in total. The Balaban J connectivity index is 2.98. The van der Waals surface area contributed by atoms with E-state index in [1.54, 1.807) is 10.8 Å². The van der Waals surface area contributed by atoms with Gasteiger partial charge < -0.3 is 0 Å². The molecule has 4 heteroatoms. The van der Waals surface area contributed by atoms with Crippen molar-refractivity contribution in [2.75, 3.05) is 0 Å². The maximum Gasteiger partial charge on any atom is 0.251 e. The first-order valence-corrected chi connectivity index (χ1v) is 4.48. The van der Waals surface area contributed by atoms with Crippen molar-refractivity contribution in [1.82, 2.24) is 9.55 Å². The van der Waals surface area contributed by atoms with Gasteiger partial charge in [-0.25, -0.2) is 4.98 Å². The fourth-order valence-corrected chi connectivity index (χ4v) is 1.54. The van der Waals surface area contributed by atoms with Gasteiger partial charge in [0.15, 0.2) is 0 Å². The molecule has 0 atom stereocenters. The molecule has 0 amide bonds. The summed E-state index contributed by atoms with van der Waals surface area (Å²) in [4.78, 5) is 15.7. The number of hydrogen-bond donors (Lipinski definition) is 0. The zero-order chi connectivity index (χ0) is 10.1. The van der Waals surface area contributed by atoms with E-state index < -0.39 is 0 Å². The van der Waals surface area contributed by atoms with Crippen LogP contribution >= 0.6 is 0 Å². The Bertz CT molecular complexity index is 533. The summed E-state index contributed by atoms with van der Waals surface area (Å²) in [7, 11) is 5.73. The summed E-state index contributed by atoms with van der Waals surface area (Å²) in [5, 5.41) is 0.828. The second-order valence-corrected chi connectivity index (χ2v) is 3.06. The van der Waals surface area contributed by atoms with Crippen molar-refractivity contribution >= 4 is 24.3 Å². The van der Waals surface area contributed by atoms with Gasteiger partial charge >= 0.3 is 0 Å². The van der Waals surface area contributed by atoms with Crippen LogP contribution in [-0.4, -0.2) is 17.4 Å². The third-order valence-corrected chi connectivity index (χ3v) is 2.21. The fourth-order valence-electron chi connectivity index (χ4n) is 1.54. The van der Waals surface area contributed by atoms with E-state index in [9.17, 15) is 4.79 Å². The zero-order valence-electron chi connectivity index (χ0n) is 7.90. The summed E-state index contributed by atoms with van der Waals surface area (Å²) in [5.41, 5.74) is 1.04. The van der Waals surface area contributed by atoms with Crippen LogP contribution in [0.1, 0.15) is 6.92 Å². The third-order valence-electron chi connectivity index (χ3n) is 2.21. The van der Waals surface area contributed by atoms with Gasteiger partial charge in [-0.1, -0.05) is 11.5 Å². The van der Waals surface area contributed by atoms with E-state index in [4.69, 9.17) is 7.85 Å². The summed E-state index contributed by atoms with van der Waals surface area (Å²) in [6.07, 6.45) is 1.66. The fraction of sp³-hybridized carbons (Fsp3) is 0.200. The second-order valence-electron chi connectivity index (χ2n) is 3.06. The Morgan fingerprint density at radius 2 is 2.36 bits per heavy atom. The summed E-state index contributed by atoms with van der Waals surface area (Å²) >= 11 is 0. The van der Waals surface area contributed by atoms with Gasteiger partial charge in [-0.15, -0.1) is 0 Å². The van der Waals surface area contributed by atoms with Crippen molar-refractivity contribution in [3.05, 3.63) is 34.7 Å². The Morgan fingerprint density at radius 1 is 1.57 bits per heavy atom. The maximum atomic E-state index is 11.5. The molecule has 0 aliphatic carbocycles. The highest BCUT2D eigenvalue weighted by Crippen LogP contribution is 2.04. The molecule has 0 saturated carbocycles. The monoisotopic (exact) mass is 184 g/mol. The van der Waals surface area contributed by atoms with Crippen molar-refractivity contribution < 1.29 is 0 Å². The normalized spacial score (nSPS) is 10.6. The number of fused-ring (bicyclic) bond motifs is 1. The highest BCUT2D eigenvalue weighted by molar-refractivity contribution is 6.38. The van der Waals surface area contributed by atoms with Crippen LogP contribution in [0.5, 0.6) is 0 Å². The van der Waals surface area contributed by atoms with Crippen LogP contribution in [-0.2, 0) is 6.54 Å². The van der Waals surface area contributed by atoms with Gasteiger partial charge in [0.05, 0.1) is 0 Å². The van der Waals surface area contributed by atoms with Crippen molar-refractivity contribution in [3.8, 4) is 0 Å². The van der Waals surface area contributed by atoms with Gasteiger partial charge in [-0.2, -0.15) is 0 Å². The van der Waals surface area contributed by atoms with Gasteiger partial charge in [0.1, 0.15) is 13.5 Å². The maximum absolute atomic E-state index is 11.5. The predicted octanol–water partition coefficient (Wildman–Crippen LogP) is 0.210. The number of nitrogens with zero attached hydrogens (tertiary/aromatic N) is 2. The first kappa shape index (κ1) is 9.00. The first-order valence-electron chi connectivity index (χ1n) is 4.48. The Hall–Kier alpha value is -1.58. The van der Waals surface area contributed by atoms with Crippen LogP contribution in [0.15, 0.2) is 29.2 Å². The lowest BCUT2D eigenvalue weighted by Crippen LogP contribution is -2.25. The Labute approximate surface area is 82.8 Å². The van der Waals surface area contributed by atoms with E-state index in [0.717, 1.165) is 5.39 Å². The van der Waals surface area contributed by atoms with Crippen LogP contribution < -0.4 is 11.0 Å². The van der Waals surface area contributed by atoms with Crippen LogP contribution in [0.4, 0.5) is 0 Å². The molecule has 0 fully saturated rings. The molecule has 2 heterocycles. The molecule has 2 aromatic heterocycles. The lowest BCUT2D eigenvalue weighted by molar-refractivity contribution is 0.751. The molecule has 0 saturated heterocycles. The molecule has 2 radical (unpaired) electrons. The van der Waals surface area contributed by atoms with Crippen molar-refractivity contribution in [2.24, 2.45) is 0 Å². The lowest BCUT2D eigenvalue weighted by Gasteiger charge is -2.07. The van der Waals surface area contributed by atoms with Gasteiger partial charge in [-0.3, -0.25) is 9.36 Å². The van der Waals surface area contributed by atoms with Gasteiger partial charge in [0, 0.05) is 18.1 Å². The predicted molar refractivity (Wildman–Crippen MR) is 57.1 cm³/mol. The van der Waals surface area contributed by atoms with E-state index in [0.29, 0.717) is 17.7 Å². The number of hydrogen-bond acceptors (Lipinski definition) is 2. The van der Waals surface area contributed by atoms with Crippen molar-refractivity contribution in [3.63, 3.8) is 0 Å². The number of pyridine rings is 2. The number of rotatable bonds is 1. The van der Waals surface area contributed by atoms with Crippen LogP contribution in [0.3, 0.4) is 0 Å². The average Bonchev–Trinajstić information content (AvgIpc) is 2.18. The minimum atomic E-state index is -0.101. The molecule has 0 spiro atoms. The van der Waals surface area contributed by atoms with Crippen molar-refractivity contribution in [2.45, 2.75) is 13.5 Å². The minimum Gasteiger partial charge on any atom is -0.293 e. The van der Waals surface area contributed by atoms with Crippen LogP contribution in [0, 0.1) is 0 Å². The standard InChI is InChI=1S/C10H9BN2O/c1-2-13-9(14)6-8(11)7-4-3-5-12-10(7)13/h3-6H,2H2,1H3. The molecular weight excluding hydrogens is 175 g/mol. The molecule has 2 aromatic rings.